The standard InChI is InChI=1S/C9H14O/c1-8(9-5-6-9)4-2-3-7-10/h7H,2-6H2,1H3. The summed E-state index contributed by atoms with van der Waals surface area (Å²) >= 11 is 0. The van der Waals surface area contributed by atoms with Crippen molar-refractivity contribution in [2.24, 2.45) is 0 Å². The minimum absolute atomic E-state index is 0.727. The molecule has 1 aliphatic carbocycles. The summed E-state index contributed by atoms with van der Waals surface area (Å²) < 4.78 is 0. The fraction of sp³-hybridized carbons (Fsp3) is 0.667. The summed E-state index contributed by atoms with van der Waals surface area (Å²) in [7, 11) is 0. The van der Waals surface area contributed by atoms with Crippen LogP contribution in [0.1, 0.15) is 39.0 Å². The molecule has 10 heavy (non-hydrogen) atoms. The van der Waals surface area contributed by atoms with E-state index in [0.29, 0.717) is 0 Å². The fourth-order valence-corrected chi connectivity index (χ4v) is 1.12. The highest BCUT2D eigenvalue weighted by molar-refractivity contribution is 5.49. The first kappa shape index (κ1) is 7.52. The highest BCUT2D eigenvalue weighted by Crippen LogP contribution is 2.33. The summed E-state index contributed by atoms with van der Waals surface area (Å²) in [6, 6.07) is 0. The molecule has 1 fully saturated rings. The third kappa shape index (κ3) is 2.34. The van der Waals surface area contributed by atoms with E-state index < -0.39 is 0 Å². The van der Waals surface area contributed by atoms with Crippen molar-refractivity contribution in [3.05, 3.63) is 11.1 Å². The molecule has 0 unspecified atom stereocenters. The van der Waals surface area contributed by atoms with Crippen molar-refractivity contribution in [2.45, 2.75) is 39.0 Å². The Morgan fingerprint density at radius 3 is 2.80 bits per heavy atom. The molecule has 0 heterocycles. The average Bonchev–Trinajstić information content (AvgIpc) is 2.69. The highest BCUT2D eigenvalue weighted by atomic mass is 16.1. The Morgan fingerprint density at radius 1 is 1.60 bits per heavy atom. The molecule has 1 saturated carbocycles. The third-order valence-electron chi connectivity index (χ3n) is 1.98. The Kier molecular flexibility index (Phi) is 2.67. The van der Waals surface area contributed by atoms with Crippen molar-refractivity contribution in [1.29, 1.82) is 0 Å². The smallest absolute Gasteiger partial charge is 0.120 e. The second-order valence-electron chi connectivity index (χ2n) is 2.94. The van der Waals surface area contributed by atoms with E-state index in [2.05, 4.69) is 6.92 Å². The number of aldehydes is 1. The van der Waals surface area contributed by atoms with Gasteiger partial charge in [-0.3, -0.25) is 0 Å². The molecule has 0 N–H and O–H groups in total. The first-order chi connectivity index (χ1) is 4.84. The fourth-order valence-electron chi connectivity index (χ4n) is 1.12. The molecule has 1 nitrogen and oxygen atoms in total. The number of hydrogen-bond acceptors (Lipinski definition) is 1. The number of allylic oxidation sites excluding steroid dienone is 2. The van der Waals surface area contributed by atoms with Crippen molar-refractivity contribution in [3.63, 3.8) is 0 Å². The van der Waals surface area contributed by atoms with Gasteiger partial charge in [0.05, 0.1) is 0 Å². The van der Waals surface area contributed by atoms with Crippen LogP contribution < -0.4 is 0 Å². The van der Waals surface area contributed by atoms with E-state index in [-0.39, 0.29) is 0 Å². The lowest BCUT2D eigenvalue weighted by Crippen LogP contribution is -1.79. The zero-order chi connectivity index (χ0) is 7.40. The maximum absolute atomic E-state index is 9.96. The number of carbonyl (C=O) groups is 1. The first-order valence-electron chi connectivity index (χ1n) is 3.95. The summed E-state index contributed by atoms with van der Waals surface area (Å²) in [6.45, 7) is 2.19. The largest absolute Gasteiger partial charge is 0.303 e. The van der Waals surface area contributed by atoms with Gasteiger partial charge in [-0.25, -0.2) is 0 Å². The molecular weight excluding hydrogens is 124 g/mol. The predicted molar refractivity (Wildman–Crippen MR) is 41.8 cm³/mol. The first-order valence-corrected chi connectivity index (χ1v) is 3.95. The zero-order valence-electron chi connectivity index (χ0n) is 6.52. The van der Waals surface area contributed by atoms with Gasteiger partial charge in [-0.1, -0.05) is 11.1 Å². The van der Waals surface area contributed by atoms with Gasteiger partial charge in [-0.2, -0.15) is 0 Å². The second-order valence-corrected chi connectivity index (χ2v) is 2.94. The van der Waals surface area contributed by atoms with E-state index in [9.17, 15) is 4.79 Å². The Labute approximate surface area is 62.1 Å². The highest BCUT2D eigenvalue weighted by Gasteiger charge is 2.13. The van der Waals surface area contributed by atoms with E-state index in [1.54, 1.807) is 5.57 Å². The molecule has 0 aromatic heterocycles. The van der Waals surface area contributed by atoms with Gasteiger partial charge in [0.2, 0.25) is 0 Å². The Bertz CT molecular complexity index is 150. The minimum atomic E-state index is 0.727. The van der Waals surface area contributed by atoms with Gasteiger partial charge in [0.1, 0.15) is 6.29 Å². The van der Waals surface area contributed by atoms with E-state index >= 15 is 0 Å². The molecule has 1 rings (SSSR count). The molecule has 0 atom stereocenters. The maximum atomic E-state index is 9.96. The molecule has 0 saturated heterocycles. The van der Waals surface area contributed by atoms with Crippen LogP contribution in [0.25, 0.3) is 0 Å². The van der Waals surface area contributed by atoms with E-state index in [1.165, 1.54) is 18.4 Å². The van der Waals surface area contributed by atoms with Crippen LogP contribution in [0.4, 0.5) is 0 Å². The molecule has 1 heteroatoms. The SMILES string of the molecule is CC(CCCC=O)=C1CC1. The molecule has 0 aromatic rings. The van der Waals surface area contributed by atoms with Gasteiger partial charge in [-0.05, 0) is 32.6 Å². The Balaban J connectivity index is 2.13. The maximum Gasteiger partial charge on any atom is 0.120 e. The monoisotopic (exact) mass is 138 g/mol. The number of carbonyl (C=O) groups excluding carboxylic acids is 1. The molecule has 56 valence electrons. The molecule has 0 aromatic carbocycles. The van der Waals surface area contributed by atoms with Gasteiger partial charge in [0.25, 0.3) is 0 Å². The molecule has 0 amide bonds. The van der Waals surface area contributed by atoms with Crippen LogP contribution in [0.5, 0.6) is 0 Å². The quantitative estimate of drug-likeness (QED) is 0.331. The van der Waals surface area contributed by atoms with Crippen molar-refractivity contribution in [1.82, 2.24) is 0 Å². The van der Waals surface area contributed by atoms with Crippen LogP contribution in [-0.4, -0.2) is 6.29 Å². The van der Waals surface area contributed by atoms with Crippen molar-refractivity contribution in [3.8, 4) is 0 Å². The lowest BCUT2D eigenvalue weighted by atomic mass is 10.1. The summed E-state index contributed by atoms with van der Waals surface area (Å²) in [5, 5.41) is 0. The van der Waals surface area contributed by atoms with Gasteiger partial charge in [0, 0.05) is 6.42 Å². The Hall–Kier alpha value is -0.590. The normalized spacial score (nSPS) is 15.1. The molecular formula is C9H14O. The zero-order valence-corrected chi connectivity index (χ0v) is 6.52. The molecule has 0 bridgehead atoms. The summed E-state index contributed by atoms with van der Waals surface area (Å²) in [6.07, 6.45) is 6.53. The van der Waals surface area contributed by atoms with Crippen LogP contribution in [0.15, 0.2) is 11.1 Å². The topological polar surface area (TPSA) is 17.1 Å². The third-order valence-corrected chi connectivity index (χ3v) is 1.98. The predicted octanol–water partition coefficient (Wildman–Crippen LogP) is 2.47. The number of hydrogen-bond donors (Lipinski definition) is 0. The average molecular weight is 138 g/mol. The molecule has 0 radical (unpaired) electrons. The lowest BCUT2D eigenvalue weighted by Gasteiger charge is -1.95. The lowest BCUT2D eigenvalue weighted by molar-refractivity contribution is -0.107. The minimum Gasteiger partial charge on any atom is -0.303 e. The van der Waals surface area contributed by atoms with Crippen LogP contribution in [0.2, 0.25) is 0 Å². The van der Waals surface area contributed by atoms with Gasteiger partial charge in [0.15, 0.2) is 0 Å². The van der Waals surface area contributed by atoms with Crippen LogP contribution in [0.3, 0.4) is 0 Å². The summed E-state index contributed by atoms with van der Waals surface area (Å²) in [4.78, 5) is 9.96. The summed E-state index contributed by atoms with van der Waals surface area (Å²) in [5.41, 5.74) is 3.16. The molecule has 0 spiro atoms. The number of unbranched alkanes of at least 4 members (excludes halogenated alkanes) is 1. The second kappa shape index (κ2) is 3.55. The van der Waals surface area contributed by atoms with Crippen molar-refractivity contribution >= 4 is 6.29 Å². The molecule has 0 aliphatic heterocycles. The van der Waals surface area contributed by atoms with Gasteiger partial charge < -0.3 is 4.79 Å². The Morgan fingerprint density at radius 2 is 2.30 bits per heavy atom. The van der Waals surface area contributed by atoms with E-state index in [1.807, 2.05) is 0 Å². The summed E-state index contributed by atoms with van der Waals surface area (Å²) in [5.74, 6) is 0. The van der Waals surface area contributed by atoms with E-state index in [0.717, 1.165) is 25.5 Å². The van der Waals surface area contributed by atoms with Crippen LogP contribution >= 0.6 is 0 Å². The van der Waals surface area contributed by atoms with E-state index in [4.69, 9.17) is 0 Å². The van der Waals surface area contributed by atoms with Crippen molar-refractivity contribution < 1.29 is 4.79 Å². The van der Waals surface area contributed by atoms with Crippen LogP contribution in [-0.2, 0) is 4.79 Å². The molecule has 1 aliphatic rings. The van der Waals surface area contributed by atoms with Gasteiger partial charge in [-0.15, -0.1) is 0 Å². The number of rotatable bonds is 4. The van der Waals surface area contributed by atoms with Gasteiger partial charge >= 0.3 is 0 Å². The van der Waals surface area contributed by atoms with Crippen molar-refractivity contribution in [2.75, 3.05) is 0 Å². The van der Waals surface area contributed by atoms with Crippen LogP contribution in [0, 0.1) is 0 Å².